The quantitative estimate of drug-likeness (QED) is 0.807. The fourth-order valence-electron chi connectivity index (χ4n) is 4.09. The molecule has 2 aromatic carbocycles. The summed E-state index contributed by atoms with van der Waals surface area (Å²) in [6.45, 7) is 2.94. The Morgan fingerprint density at radius 1 is 1.07 bits per heavy atom. The molecule has 0 N–H and O–H groups in total. The maximum absolute atomic E-state index is 12.7. The van der Waals surface area contributed by atoms with E-state index in [-0.39, 0.29) is 23.5 Å². The number of nitrogens with zero attached hydrogens (tertiary/aromatic N) is 2. The Morgan fingerprint density at radius 3 is 2.41 bits per heavy atom. The molecular weight excluding hydrogens is 356 g/mol. The summed E-state index contributed by atoms with van der Waals surface area (Å²) in [5, 5.41) is 7.01. The predicted molar refractivity (Wildman–Crippen MR) is 110 cm³/mol. The molecule has 0 aliphatic carbocycles. The number of hydrogen-bond acceptors (Lipinski definition) is 4. The molecule has 5 heteroatoms. The molecule has 2 aliphatic rings. The molecule has 0 spiro atoms. The van der Waals surface area contributed by atoms with Crippen LogP contribution in [0.25, 0.3) is 6.08 Å². The Kier molecular flexibility index (Phi) is 4.87. The van der Waals surface area contributed by atoms with Gasteiger partial charge in [0, 0.05) is 12.5 Å². The fourth-order valence-corrected chi connectivity index (χ4v) is 5.80. The highest BCUT2D eigenvalue weighted by molar-refractivity contribution is 7.91. The maximum atomic E-state index is 12.7. The van der Waals surface area contributed by atoms with E-state index in [1.807, 2.05) is 54.6 Å². The smallest absolute Gasteiger partial charge is 0.155 e. The zero-order chi connectivity index (χ0) is 18.9. The van der Waals surface area contributed by atoms with Gasteiger partial charge >= 0.3 is 0 Å². The summed E-state index contributed by atoms with van der Waals surface area (Å²) in [6.07, 6.45) is 2.96. The first-order valence-electron chi connectivity index (χ1n) is 9.44. The van der Waals surface area contributed by atoms with E-state index in [1.54, 1.807) is 0 Å². The highest BCUT2D eigenvalue weighted by atomic mass is 32.2. The van der Waals surface area contributed by atoms with Gasteiger partial charge in [0.15, 0.2) is 9.84 Å². The molecule has 27 heavy (non-hydrogen) atoms. The number of rotatable bonds is 4. The zero-order valence-corrected chi connectivity index (χ0v) is 16.3. The van der Waals surface area contributed by atoms with Gasteiger partial charge in [-0.2, -0.15) is 5.10 Å². The van der Waals surface area contributed by atoms with Crippen LogP contribution in [0.1, 0.15) is 30.5 Å². The molecule has 2 heterocycles. The number of hydrogen-bond donors (Lipinski definition) is 0. The van der Waals surface area contributed by atoms with E-state index >= 15 is 0 Å². The van der Waals surface area contributed by atoms with E-state index < -0.39 is 9.84 Å². The van der Waals surface area contributed by atoms with Gasteiger partial charge in [-0.1, -0.05) is 67.6 Å². The molecule has 4 nitrogen and oxygen atoms in total. The van der Waals surface area contributed by atoms with E-state index in [4.69, 9.17) is 5.10 Å². The molecule has 2 atom stereocenters. The van der Waals surface area contributed by atoms with Crippen molar-refractivity contribution < 1.29 is 8.42 Å². The van der Waals surface area contributed by atoms with Crippen LogP contribution in [0.4, 0.5) is 0 Å². The molecule has 0 saturated carbocycles. The maximum Gasteiger partial charge on any atom is 0.155 e. The minimum Gasteiger partial charge on any atom is -0.289 e. The van der Waals surface area contributed by atoms with Gasteiger partial charge in [0.1, 0.15) is 0 Å². The summed E-state index contributed by atoms with van der Waals surface area (Å²) < 4.78 is 25.4. The van der Waals surface area contributed by atoms with Gasteiger partial charge in [-0.25, -0.2) is 8.42 Å². The third-order valence-corrected chi connectivity index (χ3v) is 6.78. The predicted octanol–water partition coefficient (Wildman–Crippen LogP) is 3.94. The Labute approximate surface area is 161 Å². The van der Waals surface area contributed by atoms with Crippen LogP contribution in [-0.2, 0) is 9.84 Å². The van der Waals surface area contributed by atoms with Gasteiger partial charge in [0.2, 0.25) is 0 Å². The van der Waals surface area contributed by atoms with Crippen LogP contribution >= 0.6 is 0 Å². The number of fused-ring (bicyclic) bond motifs is 1. The van der Waals surface area contributed by atoms with Crippen molar-refractivity contribution in [2.45, 2.75) is 19.4 Å². The normalized spacial score (nSPS) is 25.3. The molecule has 0 aromatic heterocycles. The second-order valence-corrected chi connectivity index (χ2v) is 9.35. The largest absolute Gasteiger partial charge is 0.289 e. The monoisotopic (exact) mass is 380 g/mol. The van der Waals surface area contributed by atoms with Gasteiger partial charge in [-0.05, 0) is 29.2 Å². The van der Waals surface area contributed by atoms with Crippen molar-refractivity contribution in [1.82, 2.24) is 5.01 Å². The molecule has 0 radical (unpaired) electrons. The van der Waals surface area contributed by atoms with Crippen LogP contribution in [0.15, 0.2) is 71.3 Å². The molecule has 1 saturated heterocycles. The Bertz CT molecular complexity index is 966. The highest BCUT2D eigenvalue weighted by Crippen LogP contribution is 2.41. The van der Waals surface area contributed by atoms with Crippen LogP contribution in [0.3, 0.4) is 0 Å². The van der Waals surface area contributed by atoms with Crippen molar-refractivity contribution in [3.8, 4) is 0 Å². The van der Waals surface area contributed by atoms with Crippen molar-refractivity contribution >= 4 is 21.6 Å². The summed E-state index contributed by atoms with van der Waals surface area (Å²) in [4.78, 5) is 0. The Balaban J connectivity index is 1.79. The Hall–Kier alpha value is -2.40. The minimum atomic E-state index is -3.16. The number of hydrazone groups is 1. The average molecular weight is 381 g/mol. The number of benzene rings is 2. The van der Waals surface area contributed by atoms with Crippen molar-refractivity contribution in [2.24, 2.45) is 11.0 Å². The average Bonchev–Trinajstić information content (AvgIpc) is 3.00. The molecule has 2 unspecified atom stereocenters. The fraction of sp³-hybridized carbons (Fsp3) is 0.318. The second kappa shape index (κ2) is 7.31. The lowest BCUT2D eigenvalue weighted by Gasteiger charge is -2.30. The summed E-state index contributed by atoms with van der Waals surface area (Å²) >= 11 is 0. The lowest BCUT2D eigenvalue weighted by molar-refractivity contribution is 0.209. The summed E-state index contributed by atoms with van der Waals surface area (Å²) in [5.41, 5.74) is 3.91. The first-order valence-corrected chi connectivity index (χ1v) is 11.3. The molecule has 140 valence electrons. The minimum absolute atomic E-state index is 0.0181. The van der Waals surface area contributed by atoms with Crippen molar-refractivity contribution in [1.29, 1.82) is 0 Å². The van der Waals surface area contributed by atoms with Gasteiger partial charge < -0.3 is 0 Å². The zero-order valence-electron chi connectivity index (χ0n) is 15.5. The van der Waals surface area contributed by atoms with E-state index in [0.717, 1.165) is 35.4 Å². The SMILES string of the molecule is CCCN1N=C2/C(=C\c3ccccc3)CS(=O)(=O)CC2C1c1ccccc1. The summed E-state index contributed by atoms with van der Waals surface area (Å²) in [5.74, 6) is 0.115. The molecule has 4 rings (SSSR count). The lowest BCUT2D eigenvalue weighted by Crippen LogP contribution is -2.37. The second-order valence-electron chi connectivity index (χ2n) is 7.25. The topological polar surface area (TPSA) is 49.7 Å². The van der Waals surface area contributed by atoms with Crippen LogP contribution in [0.2, 0.25) is 0 Å². The van der Waals surface area contributed by atoms with Crippen LogP contribution in [0, 0.1) is 5.92 Å². The summed E-state index contributed by atoms with van der Waals surface area (Å²) in [6, 6.07) is 20.0. The molecule has 2 aliphatic heterocycles. The highest BCUT2D eigenvalue weighted by Gasteiger charge is 2.45. The van der Waals surface area contributed by atoms with Crippen LogP contribution in [0.5, 0.6) is 0 Å². The van der Waals surface area contributed by atoms with Gasteiger partial charge in [-0.3, -0.25) is 5.01 Å². The van der Waals surface area contributed by atoms with E-state index in [9.17, 15) is 8.42 Å². The van der Waals surface area contributed by atoms with E-state index in [2.05, 4.69) is 24.1 Å². The molecule has 0 amide bonds. The lowest BCUT2D eigenvalue weighted by atomic mass is 9.87. The van der Waals surface area contributed by atoms with Crippen molar-refractivity contribution in [3.63, 3.8) is 0 Å². The molecule has 1 fully saturated rings. The number of sulfone groups is 1. The van der Waals surface area contributed by atoms with Crippen LogP contribution in [-0.4, -0.2) is 37.2 Å². The summed E-state index contributed by atoms with van der Waals surface area (Å²) in [7, 11) is -3.16. The molecule has 0 bridgehead atoms. The third kappa shape index (κ3) is 3.69. The molecule has 2 aromatic rings. The van der Waals surface area contributed by atoms with Gasteiger partial charge in [0.05, 0.1) is 23.3 Å². The van der Waals surface area contributed by atoms with E-state index in [1.165, 1.54) is 0 Å². The van der Waals surface area contributed by atoms with Crippen molar-refractivity contribution in [2.75, 3.05) is 18.1 Å². The first-order chi connectivity index (χ1) is 13.1. The van der Waals surface area contributed by atoms with Gasteiger partial charge in [0.25, 0.3) is 0 Å². The molecular formula is C22H24N2O2S. The first kappa shape index (κ1) is 18.0. The van der Waals surface area contributed by atoms with Gasteiger partial charge in [-0.15, -0.1) is 0 Å². The van der Waals surface area contributed by atoms with E-state index in [0.29, 0.717) is 0 Å². The Morgan fingerprint density at radius 2 is 1.74 bits per heavy atom. The van der Waals surface area contributed by atoms with Crippen LogP contribution < -0.4 is 0 Å². The standard InChI is InChI=1S/C22H24N2O2S/c1-2-13-24-22(18-11-7-4-8-12-18)20-16-27(25,26)15-19(21(20)23-24)14-17-9-5-3-6-10-17/h3-12,14,20,22H,2,13,15-16H2,1H3/b19-14-. The third-order valence-electron chi connectivity index (χ3n) is 5.16. The van der Waals surface area contributed by atoms with Crippen molar-refractivity contribution in [3.05, 3.63) is 77.4 Å².